The SMILES string of the molecule is C=C(NO)c1ccc(-n2cc(-c3c(N)ncc4ccc(Cl)cc34)nn2)cc1. The average Bonchev–Trinajstić information content (AvgIpc) is 3.17. The van der Waals surface area contributed by atoms with Gasteiger partial charge in [0.1, 0.15) is 11.5 Å². The molecule has 0 amide bonds. The first-order valence-corrected chi connectivity index (χ1v) is 8.41. The van der Waals surface area contributed by atoms with Crippen LogP contribution in [0.25, 0.3) is 33.4 Å². The predicted octanol–water partition coefficient (Wildman–Crippen LogP) is 3.67. The van der Waals surface area contributed by atoms with Gasteiger partial charge < -0.3 is 5.73 Å². The third-order valence-corrected chi connectivity index (χ3v) is 4.48. The molecule has 2 heterocycles. The number of aromatic nitrogens is 4. The number of nitrogen functional groups attached to an aromatic ring is 1. The maximum absolute atomic E-state index is 8.93. The van der Waals surface area contributed by atoms with Gasteiger partial charge in [-0.1, -0.05) is 41.6 Å². The van der Waals surface area contributed by atoms with Crippen molar-refractivity contribution in [2.45, 2.75) is 0 Å². The van der Waals surface area contributed by atoms with E-state index in [0.717, 1.165) is 22.0 Å². The van der Waals surface area contributed by atoms with Gasteiger partial charge in [0.2, 0.25) is 0 Å². The smallest absolute Gasteiger partial charge is 0.133 e. The van der Waals surface area contributed by atoms with Gasteiger partial charge in [-0.15, -0.1) is 5.10 Å². The topological polar surface area (TPSA) is 102 Å². The van der Waals surface area contributed by atoms with Crippen LogP contribution in [0.1, 0.15) is 5.56 Å². The van der Waals surface area contributed by atoms with Crippen molar-refractivity contribution in [3.63, 3.8) is 0 Å². The number of nitrogens with zero attached hydrogens (tertiary/aromatic N) is 4. The molecule has 4 N–H and O–H groups in total. The molecule has 4 rings (SSSR count). The first kappa shape index (κ1) is 17.0. The number of hydrogen-bond acceptors (Lipinski definition) is 6. The summed E-state index contributed by atoms with van der Waals surface area (Å²) in [6.45, 7) is 3.71. The maximum Gasteiger partial charge on any atom is 0.133 e. The van der Waals surface area contributed by atoms with Gasteiger partial charge in [-0.2, -0.15) is 0 Å². The van der Waals surface area contributed by atoms with Crippen LogP contribution in [0.5, 0.6) is 0 Å². The zero-order valence-electron chi connectivity index (χ0n) is 14.1. The van der Waals surface area contributed by atoms with Crippen molar-refractivity contribution in [1.29, 1.82) is 0 Å². The summed E-state index contributed by atoms with van der Waals surface area (Å²) < 4.78 is 1.64. The fraction of sp³-hybridized carbons (Fsp3) is 0. The molecule has 0 bridgehead atoms. The Hall–Kier alpha value is -3.42. The van der Waals surface area contributed by atoms with Gasteiger partial charge in [0.05, 0.1) is 23.1 Å². The molecule has 8 heteroatoms. The van der Waals surface area contributed by atoms with Gasteiger partial charge in [-0.3, -0.25) is 10.7 Å². The van der Waals surface area contributed by atoms with Crippen LogP contribution in [0, 0.1) is 0 Å². The Labute approximate surface area is 159 Å². The van der Waals surface area contributed by atoms with Crippen LogP contribution < -0.4 is 11.2 Å². The van der Waals surface area contributed by atoms with Crippen LogP contribution in [0.4, 0.5) is 5.82 Å². The lowest BCUT2D eigenvalue weighted by Crippen LogP contribution is -2.04. The van der Waals surface area contributed by atoms with Crippen molar-refractivity contribution in [1.82, 2.24) is 25.5 Å². The summed E-state index contributed by atoms with van der Waals surface area (Å²) in [5.41, 5.74) is 11.4. The zero-order valence-corrected chi connectivity index (χ0v) is 14.9. The van der Waals surface area contributed by atoms with Crippen molar-refractivity contribution >= 4 is 33.9 Å². The van der Waals surface area contributed by atoms with E-state index in [-0.39, 0.29) is 0 Å². The quantitative estimate of drug-likeness (QED) is 0.468. The number of benzene rings is 2. The number of hydroxylamine groups is 1. The predicted molar refractivity (Wildman–Crippen MR) is 105 cm³/mol. The molecular formula is C19H15ClN6O. The number of nitrogens with two attached hydrogens (primary N) is 1. The van der Waals surface area contributed by atoms with E-state index in [2.05, 4.69) is 21.9 Å². The lowest BCUT2D eigenvalue weighted by molar-refractivity contribution is 0.225. The summed E-state index contributed by atoms with van der Waals surface area (Å²) in [7, 11) is 0. The lowest BCUT2D eigenvalue weighted by atomic mass is 10.0. The summed E-state index contributed by atoms with van der Waals surface area (Å²) in [5.74, 6) is 0.359. The first-order chi connectivity index (χ1) is 13.1. The number of hydrogen-bond donors (Lipinski definition) is 3. The molecule has 27 heavy (non-hydrogen) atoms. The van der Waals surface area contributed by atoms with Crippen molar-refractivity contribution in [2.24, 2.45) is 0 Å². The van der Waals surface area contributed by atoms with E-state index in [1.807, 2.05) is 41.9 Å². The number of anilines is 1. The van der Waals surface area contributed by atoms with Crippen molar-refractivity contribution in [3.05, 3.63) is 72.0 Å². The molecule has 0 unspecified atom stereocenters. The van der Waals surface area contributed by atoms with Crippen LogP contribution in [0.3, 0.4) is 0 Å². The van der Waals surface area contributed by atoms with Crippen LogP contribution >= 0.6 is 11.6 Å². The molecule has 134 valence electrons. The summed E-state index contributed by atoms with van der Waals surface area (Å²) in [4.78, 5) is 4.25. The minimum atomic E-state index is 0.359. The highest BCUT2D eigenvalue weighted by molar-refractivity contribution is 6.31. The van der Waals surface area contributed by atoms with E-state index in [1.54, 1.807) is 23.1 Å². The highest BCUT2D eigenvalue weighted by Crippen LogP contribution is 2.33. The molecule has 0 atom stereocenters. The normalized spacial score (nSPS) is 10.9. The van der Waals surface area contributed by atoms with Gasteiger partial charge >= 0.3 is 0 Å². The molecule has 0 spiro atoms. The summed E-state index contributed by atoms with van der Waals surface area (Å²) in [6, 6.07) is 12.9. The number of nitrogens with one attached hydrogen (secondary N) is 1. The molecule has 0 saturated carbocycles. The van der Waals surface area contributed by atoms with Crippen LogP contribution in [0.15, 0.2) is 61.4 Å². The van der Waals surface area contributed by atoms with E-state index < -0.39 is 0 Å². The second kappa shape index (κ2) is 6.71. The Morgan fingerprint density at radius 2 is 1.96 bits per heavy atom. The first-order valence-electron chi connectivity index (χ1n) is 8.03. The van der Waals surface area contributed by atoms with Crippen molar-refractivity contribution in [3.8, 4) is 16.9 Å². The molecule has 4 aromatic rings. The Morgan fingerprint density at radius 1 is 1.19 bits per heavy atom. The van der Waals surface area contributed by atoms with E-state index in [4.69, 9.17) is 22.5 Å². The summed E-state index contributed by atoms with van der Waals surface area (Å²) in [5, 5.41) is 19.8. The van der Waals surface area contributed by atoms with Crippen LogP contribution in [-0.2, 0) is 0 Å². The molecule has 0 aliphatic rings. The van der Waals surface area contributed by atoms with Crippen LogP contribution in [-0.4, -0.2) is 25.2 Å². The Bertz CT molecular complexity index is 1150. The van der Waals surface area contributed by atoms with Gasteiger partial charge in [0.15, 0.2) is 0 Å². The Balaban J connectivity index is 1.77. The van der Waals surface area contributed by atoms with Crippen LogP contribution in [0.2, 0.25) is 5.02 Å². The van der Waals surface area contributed by atoms with Gasteiger partial charge in [-0.05, 0) is 35.2 Å². The van der Waals surface area contributed by atoms with Gasteiger partial charge in [0.25, 0.3) is 0 Å². The molecule has 0 saturated heterocycles. The van der Waals surface area contributed by atoms with E-state index in [1.165, 1.54) is 0 Å². The Kier molecular flexibility index (Phi) is 4.23. The number of halogens is 1. The summed E-state index contributed by atoms with van der Waals surface area (Å²) >= 11 is 6.15. The highest BCUT2D eigenvalue weighted by Gasteiger charge is 2.14. The summed E-state index contributed by atoms with van der Waals surface area (Å²) in [6.07, 6.45) is 3.48. The van der Waals surface area contributed by atoms with E-state index >= 15 is 0 Å². The molecule has 0 radical (unpaired) electrons. The minimum absolute atomic E-state index is 0.359. The number of fused-ring (bicyclic) bond motifs is 1. The second-order valence-corrected chi connectivity index (χ2v) is 6.37. The standard InChI is InChI=1S/C19H15ClN6O/c1-11(24-27)12-3-6-15(7-4-12)26-10-17(23-25-26)18-16-8-14(20)5-2-13(16)9-22-19(18)21/h2-10,24,27H,1H2,(H2,21,22). The minimum Gasteiger partial charge on any atom is -0.383 e. The van der Waals surface area contributed by atoms with E-state index in [0.29, 0.717) is 27.8 Å². The maximum atomic E-state index is 8.93. The van der Waals surface area contributed by atoms with Gasteiger partial charge in [0, 0.05) is 16.6 Å². The second-order valence-electron chi connectivity index (χ2n) is 5.94. The molecule has 0 aliphatic carbocycles. The van der Waals surface area contributed by atoms with Crippen molar-refractivity contribution in [2.75, 3.05) is 5.73 Å². The molecule has 2 aromatic heterocycles. The average molecular weight is 379 g/mol. The fourth-order valence-electron chi connectivity index (χ4n) is 2.85. The molecule has 0 fully saturated rings. The molecule has 7 nitrogen and oxygen atoms in total. The zero-order chi connectivity index (χ0) is 19.0. The fourth-order valence-corrected chi connectivity index (χ4v) is 3.02. The lowest BCUT2D eigenvalue weighted by Gasteiger charge is -2.07. The molecule has 2 aromatic carbocycles. The number of rotatable bonds is 4. The molecule has 0 aliphatic heterocycles. The number of pyridine rings is 1. The highest BCUT2D eigenvalue weighted by atomic mass is 35.5. The Morgan fingerprint density at radius 3 is 2.70 bits per heavy atom. The third kappa shape index (κ3) is 3.10. The molecular weight excluding hydrogens is 364 g/mol. The monoisotopic (exact) mass is 378 g/mol. The largest absolute Gasteiger partial charge is 0.383 e. The van der Waals surface area contributed by atoms with E-state index in [9.17, 15) is 0 Å². The van der Waals surface area contributed by atoms with Crippen molar-refractivity contribution < 1.29 is 5.21 Å². The third-order valence-electron chi connectivity index (χ3n) is 4.25. The van der Waals surface area contributed by atoms with Gasteiger partial charge in [-0.25, -0.2) is 9.67 Å².